The number of alkyl carbamates (subject to hydrolysis) is 1. The number of carbonyl (C=O) groups excluding carboxylic acids is 2. The third-order valence-electron chi connectivity index (χ3n) is 3.94. The van der Waals surface area contributed by atoms with Crippen molar-refractivity contribution in [3.8, 4) is 0 Å². The van der Waals surface area contributed by atoms with Gasteiger partial charge in [-0.15, -0.1) is 0 Å². The van der Waals surface area contributed by atoms with Crippen molar-refractivity contribution in [2.45, 2.75) is 59.4 Å². The highest BCUT2D eigenvalue weighted by molar-refractivity contribution is 5.85. The van der Waals surface area contributed by atoms with Crippen LogP contribution in [0.4, 0.5) is 4.79 Å². The molecule has 2 N–H and O–H groups in total. The first-order chi connectivity index (χ1) is 11.8. The number of rotatable bonds is 9. The van der Waals surface area contributed by atoms with Crippen molar-refractivity contribution >= 4 is 12.0 Å². The van der Waals surface area contributed by atoms with Gasteiger partial charge >= 0.3 is 6.09 Å². The largest absolute Gasteiger partial charge is 0.445 e. The van der Waals surface area contributed by atoms with Crippen LogP contribution in [-0.2, 0) is 16.1 Å². The molecule has 0 saturated carbocycles. The van der Waals surface area contributed by atoms with E-state index in [2.05, 4.69) is 43.2 Å². The number of nitrogens with one attached hydrogen (secondary N) is 2. The van der Waals surface area contributed by atoms with Gasteiger partial charge in [0.25, 0.3) is 0 Å². The predicted octanol–water partition coefficient (Wildman–Crippen LogP) is 2.54. The Bertz CT molecular complexity index is 524. The average Bonchev–Trinajstić information content (AvgIpc) is 2.56. The van der Waals surface area contributed by atoms with E-state index in [1.165, 1.54) is 0 Å². The maximum atomic E-state index is 12.1. The number of benzene rings is 1. The molecule has 1 aromatic rings. The van der Waals surface area contributed by atoms with E-state index < -0.39 is 12.1 Å². The molecule has 6 heteroatoms. The molecule has 1 aromatic carbocycles. The lowest BCUT2D eigenvalue weighted by atomic mass is 10.2. The summed E-state index contributed by atoms with van der Waals surface area (Å²) in [6, 6.07) is 9.59. The SMILES string of the molecule is CC(C)N(CCNC(=O)[C@H](C)NC(=O)OCc1ccccc1)C(C)C. The quantitative estimate of drug-likeness (QED) is 0.719. The Kier molecular flexibility index (Phi) is 8.99. The molecule has 6 nitrogen and oxygen atoms in total. The Morgan fingerprint density at radius 2 is 1.64 bits per heavy atom. The van der Waals surface area contributed by atoms with E-state index in [-0.39, 0.29) is 12.5 Å². The molecular weight excluding hydrogens is 318 g/mol. The lowest BCUT2D eigenvalue weighted by Gasteiger charge is -2.30. The van der Waals surface area contributed by atoms with Crippen LogP contribution in [-0.4, -0.2) is 48.1 Å². The highest BCUT2D eigenvalue weighted by atomic mass is 16.5. The lowest BCUT2D eigenvalue weighted by Crippen LogP contribution is -2.48. The van der Waals surface area contributed by atoms with E-state index in [0.717, 1.165) is 12.1 Å². The first-order valence-electron chi connectivity index (χ1n) is 8.82. The minimum absolute atomic E-state index is 0.179. The van der Waals surface area contributed by atoms with Gasteiger partial charge in [-0.2, -0.15) is 0 Å². The smallest absolute Gasteiger partial charge is 0.408 e. The van der Waals surface area contributed by atoms with Crippen LogP contribution in [0, 0.1) is 0 Å². The Labute approximate surface area is 150 Å². The molecule has 0 radical (unpaired) electrons. The monoisotopic (exact) mass is 349 g/mol. The normalized spacial score (nSPS) is 12.3. The summed E-state index contributed by atoms with van der Waals surface area (Å²) >= 11 is 0. The van der Waals surface area contributed by atoms with E-state index in [4.69, 9.17) is 4.74 Å². The molecule has 0 aliphatic carbocycles. The second-order valence-electron chi connectivity index (χ2n) is 6.64. The highest BCUT2D eigenvalue weighted by Crippen LogP contribution is 2.03. The van der Waals surface area contributed by atoms with E-state index in [0.29, 0.717) is 18.6 Å². The minimum Gasteiger partial charge on any atom is -0.445 e. The molecule has 0 aliphatic heterocycles. The fourth-order valence-corrected chi connectivity index (χ4v) is 2.58. The first-order valence-corrected chi connectivity index (χ1v) is 8.82. The second kappa shape index (κ2) is 10.7. The molecule has 140 valence electrons. The van der Waals surface area contributed by atoms with Gasteiger partial charge in [0.05, 0.1) is 0 Å². The van der Waals surface area contributed by atoms with Crippen LogP contribution in [0.15, 0.2) is 30.3 Å². The third kappa shape index (κ3) is 8.03. The first kappa shape index (κ1) is 21.0. The maximum Gasteiger partial charge on any atom is 0.408 e. The third-order valence-corrected chi connectivity index (χ3v) is 3.94. The van der Waals surface area contributed by atoms with Gasteiger partial charge in [-0.25, -0.2) is 4.79 Å². The molecule has 1 rings (SSSR count). The molecule has 0 fully saturated rings. The van der Waals surface area contributed by atoms with Crippen LogP contribution in [0.25, 0.3) is 0 Å². The van der Waals surface area contributed by atoms with Crippen LogP contribution in [0.2, 0.25) is 0 Å². The standard InChI is InChI=1S/C19H31N3O3/c1-14(2)22(15(3)4)12-11-20-18(23)16(5)21-19(24)25-13-17-9-7-6-8-10-17/h6-10,14-16H,11-13H2,1-5H3,(H,20,23)(H,21,24)/t16-/m0/s1. The van der Waals surface area contributed by atoms with Crippen molar-refractivity contribution in [3.63, 3.8) is 0 Å². The molecular formula is C19H31N3O3. The van der Waals surface area contributed by atoms with Gasteiger partial charge in [0.2, 0.25) is 5.91 Å². The van der Waals surface area contributed by atoms with Crippen LogP contribution in [0.5, 0.6) is 0 Å². The fraction of sp³-hybridized carbons (Fsp3) is 0.579. The lowest BCUT2D eigenvalue weighted by molar-refractivity contribution is -0.122. The summed E-state index contributed by atoms with van der Waals surface area (Å²) in [6.45, 7) is 11.7. The molecule has 1 atom stereocenters. The zero-order valence-corrected chi connectivity index (χ0v) is 15.9. The molecule has 0 saturated heterocycles. The topological polar surface area (TPSA) is 70.7 Å². The fourth-order valence-electron chi connectivity index (χ4n) is 2.58. The Balaban J connectivity index is 2.30. The molecule has 0 aromatic heterocycles. The number of carbonyl (C=O) groups is 2. The Morgan fingerprint density at radius 1 is 1.04 bits per heavy atom. The summed E-state index contributed by atoms with van der Waals surface area (Å²) < 4.78 is 5.12. The van der Waals surface area contributed by atoms with Crippen LogP contribution < -0.4 is 10.6 Å². The molecule has 0 heterocycles. The van der Waals surface area contributed by atoms with Crippen molar-refractivity contribution < 1.29 is 14.3 Å². The van der Waals surface area contributed by atoms with Gasteiger partial charge in [0, 0.05) is 25.2 Å². The number of ether oxygens (including phenoxy) is 1. The summed E-state index contributed by atoms with van der Waals surface area (Å²) in [4.78, 5) is 26.1. The molecule has 0 spiro atoms. The summed E-state index contributed by atoms with van der Waals surface area (Å²) in [5.41, 5.74) is 0.900. The molecule has 0 bridgehead atoms. The van der Waals surface area contributed by atoms with Crippen LogP contribution in [0.1, 0.15) is 40.2 Å². The molecule has 0 unspecified atom stereocenters. The van der Waals surface area contributed by atoms with Crippen molar-refractivity contribution in [2.24, 2.45) is 0 Å². The van der Waals surface area contributed by atoms with Crippen LogP contribution in [0.3, 0.4) is 0 Å². The van der Waals surface area contributed by atoms with Crippen molar-refractivity contribution in [2.75, 3.05) is 13.1 Å². The molecule has 0 aliphatic rings. The van der Waals surface area contributed by atoms with Gasteiger partial charge in [-0.1, -0.05) is 30.3 Å². The number of hydrogen-bond donors (Lipinski definition) is 2. The van der Waals surface area contributed by atoms with Crippen molar-refractivity contribution in [3.05, 3.63) is 35.9 Å². The summed E-state index contributed by atoms with van der Waals surface area (Å²) in [7, 11) is 0. The van der Waals surface area contributed by atoms with Crippen LogP contribution >= 0.6 is 0 Å². The van der Waals surface area contributed by atoms with Crippen molar-refractivity contribution in [1.82, 2.24) is 15.5 Å². The van der Waals surface area contributed by atoms with Gasteiger partial charge in [-0.05, 0) is 40.2 Å². The van der Waals surface area contributed by atoms with Crippen molar-refractivity contribution in [1.29, 1.82) is 0 Å². The van der Waals surface area contributed by atoms with Gasteiger partial charge < -0.3 is 15.4 Å². The Hall–Kier alpha value is -2.08. The van der Waals surface area contributed by atoms with Gasteiger partial charge in [-0.3, -0.25) is 9.69 Å². The number of nitrogens with zero attached hydrogens (tertiary/aromatic N) is 1. The minimum atomic E-state index is -0.644. The number of amides is 2. The summed E-state index contributed by atoms with van der Waals surface area (Å²) in [6.07, 6.45) is -0.600. The molecule has 2 amide bonds. The highest BCUT2D eigenvalue weighted by Gasteiger charge is 2.17. The van der Waals surface area contributed by atoms with Gasteiger partial charge in [0.15, 0.2) is 0 Å². The summed E-state index contributed by atoms with van der Waals surface area (Å²) in [5, 5.41) is 5.40. The van der Waals surface area contributed by atoms with Gasteiger partial charge in [0.1, 0.15) is 12.6 Å². The van der Waals surface area contributed by atoms with E-state index in [9.17, 15) is 9.59 Å². The summed E-state index contributed by atoms with van der Waals surface area (Å²) in [5.74, 6) is -0.218. The van der Waals surface area contributed by atoms with E-state index in [1.807, 2.05) is 30.3 Å². The Morgan fingerprint density at radius 3 is 2.20 bits per heavy atom. The second-order valence-corrected chi connectivity index (χ2v) is 6.64. The molecule has 25 heavy (non-hydrogen) atoms. The van der Waals surface area contributed by atoms with E-state index >= 15 is 0 Å². The average molecular weight is 349 g/mol. The zero-order chi connectivity index (χ0) is 18.8. The number of hydrogen-bond acceptors (Lipinski definition) is 4. The zero-order valence-electron chi connectivity index (χ0n) is 15.9. The van der Waals surface area contributed by atoms with E-state index in [1.54, 1.807) is 6.92 Å². The maximum absolute atomic E-state index is 12.1. The predicted molar refractivity (Wildman–Crippen MR) is 99.2 cm³/mol.